The van der Waals surface area contributed by atoms with Gasteiger partial charge in [-0.25, -0.2) is 0 Å². The number of hydrogen-bond acceptors (Lipinski definition) is 7. The second-order valence-electron chi connectivity index (χ2n) is 7.04. The topological polar surface area (TPSA) is 105 Å². The van der Waals surface area contributed by atoms with E-state index >= 15 is 0 Å². The third kappa shape index (κ3) is 5.01. The smallest absolute Gasteiger partial charge is 0.242 e. The van der Waals surface area contributed by atoms with Crippen molar-refractivity contribution < 1.29 is 9.59 Å². The van der Waals surface area contributed by atoms with Crippen LogP contribution >= 0.6 is 11.6 Å². The Labute approximate surface area is 174 Å². The van der Waals surface area contributed by atoms with Gasteiger partial charge in [0.15, 0.2) is 5.84 Å². The SMILES string of the molecule is CN=C1CC(NCC2CN3C=C(Cl)C=C(N(C=O)CC(=O)N(C)C)C3=N2)N=CN1. The fourth-order valence-corrected chi connectivity index (χ4v) is 3.37. The van der Waals surface area contributed by atoms with Crippen LogP contribution in [0.2, 0.25) is 0 Å². The van der Waals surface area contributed by atoms with Crippen molar-refractivity contribution in [1.29, 1.82) is 0 Å². The second-order valence-corrected chi connectivity index (χ2v) is 7.48. The van der Waals surface area contributed by atoms with E-state index in [1.807, 2.05) is 4.90 Å². The summed E-state index contributed by atoms with van der Waals surface area (Å²) in [6, 6.07) is -0.0441. The van der Waals surface area contributed by atoms with Crippen molar-refractivity contribution in [2.45, 2.75) is 18.6 Å². The maximum absolute atomic E-state index is 12.1. The first-order valence-electron chi connectivity index (χ1n) is 9.24. The van der Waals surface area contributed by atoms with Gasteiger partial charge in [0.1, 0.15) is 18.5 Å². The number of allylic oxidation sites excluding steroid dienone is 2. The molecule has 0 aromatic carbocycles. The lowest BCUT2D eigenvalue weighted by atomic mass is 10.2. The molecule has 11 heteroatoms. The Hall–Kier alpha value is -2.72. The lowest BCUT2D eigenvalue weighted by molar-refractivity contribution is -0.132. The standard InChI is InChI=1S/C18H25ClN8O2/c1-20-15-5-16(23-10-22-15)21-6-13-8-26-7-12(19)4-14(18(26)24-13)27(11-28)9-17(29)25(2)3/h4,7,10-11,13,16,21H,5-6,8-9H2,1-3H3,(H,20,22,23). The summed E-state index contributed by atoms with van der Waals surface area (Å²) in [5.74, 6) is 1.31. The van der Waals surface area contributed by atoms with E-state index in [2.05, 4.69) is 20.6 Å². The molecule has 2 atom stereocenters. The molecule has 2 amide bonds. The fourth-order valence-electron chi connectivity index (χ4n) is 3.15. The maximum atomic E-state index is 12.1. The number of hydrogen-bond donors (Lipinski definition) is 2. The zero-order valence-electron chi connectivity index (χ0n) is 16.7. The maximum Gasteiger partial charge on any atom is 0.242 e. The molecule has 0 aromatic heterocycles. The van der Waals surface area contributed by atoms with Crippen LogP contribution in [0.15, 0.2) is 38.0 Å². The van der Waals surface area contributed by atoms with Gasteiger partial charge in [-0.05, 0) is 6.08 Å². The number of likely N-dealkylation sites (N-methyl/N-ethyl adjacent to an activating group) is 1. The summed E-state index contributed by atoms with van der Waals surface area (Å²) in [5.41, 5.74) is 0.519. The Morgan fingerprint density at radius 3 is 3.00 bits per heavy atom. The zero-order valence-corrected chi connectivity index (χ0v) is 17.4. The summed E-state index contributed by atoms with van der Waals surface area (Å²) < 4.78 is 0. The molecule has 29 heavy (non-hydrogen) atoms. The van der Waals surface area contributed by atoms with Gasteiger partial charge in [0.2, 0.25) is 12.3 Å². The monoisotopic (exact) mass is 420 g/mol. The van der Waals surface area contributed by atoms with Gasteiger partial charge < -0.3 is 20.0 Å². The van der Waals surface area contributed by atoms with Crippen LogP contribution in [0.5, 0.6) is 0 Å². The molecule has 3 aliphatic rings. The van der Waals surface area contributed by atoms with Gasteiger partial charge in [0, 0.05) is 46.9 Å². The van der Waals surface area contributed by atoms with E-state index in [-0.39, 0.29) is 24.7 Å². The summed E-state index contributed by atoms with van der Waals surface area (Å²) in [6.07, 6.45) is 6.33. The predicted octanol–water partition coefficient (Wildman–Crippen LogP) is -0.441. The highest BCUT2D eigenvalue weighted by Gasteiger charge is 2.32. The molecule has 10 nitrogen and oxygen atoms in total. The van der Waals surface area contributed by atoms with Gasteiger partial charge in [0.05, 0.1) is 23.1 Å². The van der Waals surface area contributed by atoms with Crippen LogP contribution in [0.4, 0.5) is 0 Å². The molecule has 0 radical (unpaired) electrons. The minimum Gasteiger partial charge on any atom is -0.347 e. The predicted molar refractivity (Wildman–Crippen MR) is 113 cm³/mol. The minimum atomic E-state index is -0.191. The second kappa shape index (κ2) is 9.19. The normalized spacial score (nSPS) is 24.3. The first-order chi connectivity index (χ1) is 13.9. The van der Waals surface area contributed by atoms with Gasteiger partial charge in [-0.15, -0.1) is 0 Å². The quantitative estimate of drug-likeness (QED) is 0.543. The van der Waals surface area contributed by atoms with Crippen LogP contribution in [-0.2, 0) is 9.59 Å². The summed E-state index contributed by atoms with van der Waals surface area (Å²) >= 11 is 6.25. The number of carbonyl (C=O) groups excluding carboxylic acids is 2. The lowest BCUT2D eigenvalue weighted by Crippen LogP contribution is -2.42. The summed E-state index contributed by atoms with van der Waals surface area (Å²) in [4.78, 5) is 41.7. The third-order valence-corrected chi connectivity index (χ3v) is 4.95. The van der Waals surface area contributed by atoms with Crippen molar-refractivity contribution >= 4 is 41.9 Å². The lowest BCUT2D eigenvalue weighted by Gasteiger charge is -2.28. The highest BCUT2D eigenvalue weighted by Crippen LogP contribution is 2.26. The molecule has 156 valence electrons. The first-order valence-corrected chi connectivity index (χ1v) is 9.62. The van der Waals surface area contributed by atoms with Crippen molar-refractivity contribution in [3.05, 3.63) is 23.0 Å². The Bertz CT molecular complexity index is 817. The summed E-state index contributed by atoms with van der Waals surface area (Å²) in [6.45, 7) is 1.15. The number of nitrogens with one attached hydrogen (secondary N) is 2. The molecule has 0 fully saturated rings. The highest BCUT2D eigenvalue weighted by molar-refractivity contribution is 6.32. The number of fused-ring (bicyclic) bond motifs is 1. The Morgan fingerprint density at radius 1 is 1.52 bits per heavy atom. The van der Waals surface area contributed by atoms with E-state index in [1.54, 1.807) is 39.8 Å². The molecule has 0 saturated carbocycles. The summed E-state index contributed by atoms with van der Waals surface area (Å²) in [7, 11) is 5.03. The molecule has 2 unspecified atom stereocenters. The molecule has 2 N–H and O–H groups in total. The summed E-state index contributed by atoms with van der Waals surface area (Å²) in [5, 5.41) is 6.86. The molecule has 3 heterocycles. The van der Waals surface area contributed by atoms with E-state index in [0.29, 0.717) is 42.5 Å². The van der Waals surface area contributed by atoms with Crippen LogP contribution < -0.4 is 10.6 Å². The van der Waals surface area contributed by atoms with E-state index in [0.717, 1.165) is 5.84 Å². The van der Waals surface area contributed by atoms with E-state index < -0.39 is 0 Å². The van der Waals surface area contributed by atoms with Gasteiger partial charge >= 0.3 is 0 Å². The largest absolute Gasteiger partial charge is 0.347 e. The average molecular weight is 421 g/mol. The number of carbonyl (C=O) groups is 2. The number of amidine groups is 2. The van der Waals surface area contributed by atoms with Crippen molar-refractivity contribution in [1.82, 2.24) is 25.3 Å². The number of aliphatic imine (C=N–C) groups is 3. The van der Waals surface area contributed by atoms with E-state index in [9.17, 15) is 9.59 Å². The number of nitrogens with zero attached hydrogens (tertiary/aromatic N) is 6. The van der Waals surface area contributed by atoms with Crippen molar-refractivity contribution in [3.63, 3.8) is 0 Å². The van der Waals surface area contributed by atoms with Gasteiger partial charge in [-0.2, -0.15) is 0 Å². The Morgan fingerprint density at radius 2 is 2.31 bits per heavy atom. The van der Waals surface area contributed by atoms with Crippen molar-refractivity contribution in [2.75, 3.05) is 40.8 Å². The fraction of sp³-hybridized carbons (Fsp3) is 0.500. The molecule has 0 aliphatic carbocycles. The number of rotatable bonds is 7. The van der Waals surface area contributed by atoms with Crippen LogP contribution in [0.3, 0.4) is 0 Å². The molecule has 3 rings (SSSR count). The van der Waals surface area contributed by atoms with Crippen LogP contribution in [-0.4, -0.2) is 98.0 Å². The van der Waals surface area contributed by atoms with Gasteiger partial charge in [-0.1, -0.05) is 11.6 Å². The zero-order chi connectivity index (χ0) is 21.0. The molecule has 3 aliphatic heterocycles. The number of halogens is 1. The molecular weight excluding hydrogens is 396 g/mol. The molecule has 0 bridgehead atoms. The minimum absolute atomic E-state index is 0.0441. The van der Waals surface area contributed by atoms with Crippen molar-refractivity contribution in [3.8, 4) is 0 Å². The first kappa shape index (κ1) is 21.0. The Balaban J connectivity index is 1.69. The molecule has 0 saturated heterocycles. The highest BCUT2D eigenvalue weighted by atomic mass is 35.5. The third-order valence-electron chi connectivity index (χ3n) is 4.74. The van der Waals surface area contributed by atoms with Gasteiger partial charge in [-0.3, -0.25) is 29.9 Å². The average Bonchev–Trinajstić information content (AvgIpc) is 3.12. The van der Waals surface area contributed by atoms with Crippen LogP contribution in [0.25, 0.3) is 0 Å². The van der Waals surface area contributed by atoms with Crippen LogP contribution in [0, 0.1) is 0 Å². The number of amides is 2. The Kier molecular flexibility index (Phi) is 6.65. The molecule has 0 aromatic rings. The van der Waals surface area contributed by atoms with Crippen LogP contribution in [0.1, 0.15) is 6.42 Å². The molecule has 0 spiro atoms. The molecular formula is C18H25ClN8O2. The van der Waals surface area contributed by atoms with E-state index in [1.165, 1.54) is 9.80 Å². The van der Waals surface area contributed by atoms with E-state index in [4.69, 9.17) is 16.6 Å². The van der Waals surface area contributed by atoms with Crippen molar-refractivity contribution in [2.24, 2.45) is 15.0 Å². The van der Waals surface area contributed by atoms with Gasteiger partial charge in [0.25, 0.3) is 0 Å².